The van der Waals surface area contributed by atoms with Crippen molar-refractivity contribution in [1.29, 1.82) is 0 Å². The van der Waals surface area contributed by atoms with Crippen LogP contribution < -0.4 is 11.5 Å². The van der Waals surface area contributed by atoms with E-state index in [0.717, 1.165) is 12.0 Å². The SMILES string of the molecule is CN(C)C1(C(N)Cc2cccnc2N)CCCCC1. The van der Waals surface area contributed by atoms with Crippen LogP contribution in [0.2, 0.25) is 0 Å². The molecule has 2 rings (SSSR count). The first-order valence-corrected chi connectivity index (χ1v) is 7.18. The van der Waals surface area contributed by atoms with Crippen LogP contribution in [-0.2, 0) is 6.42 Å². The smallest absolute Gasteiger partial charge is 0.126 e. The first-order chi connectivity index (χ1) is 9.06. The molecule has 0 saturated heterocycles. The summed E-state index contributed by atoms with van der Waals surface area (Å²) in [4.78, 5) is 6.48. The third-order valence-corrected chi connectivity index (χ3v) is 4.67. The van der Waals surface area contributed by atoms with Crippen molar-refractivity contribution in [2.45, 2.75) is 50.1 Å². The summed E-state index contributed by atoms with van der Waals surface area (Å²) < 4.78 is 0. The highest BCUT2D eigenvalue weighted by Crippen LogP contribution is 2.35. The van der Waals surface area contributed by atoms with Crippen LogP contribution in [0.5, 0.6) is 0 Å². The zero-order chi connectivity index (χ0) is 13.9. The highest BCUT2D eigenvalue weighted by Gasteiger charge is 2.39. The van der Waals surface area contributed by atoms with E-state index >= 15 is 0 Å². The number of aromatic nitrogens is 1. The molecule has 1 fully saturated rings. The summed E-state index contributed by atoms with van der Waals surface area (Å²) in [6.45, 7) is 0. The monoisotopic (exact) mass is 262 g/mol. The van der Waals surface area contributed by atoms with Crippen LogP contribution in [0, 0.1) is 0 Å². The number of pyridine rings is 1. The minimum atomic E-state index is 0.106. The Kier molecular flexibility index (Phi) is 4.42. The second-order valence-electron chi connectivity index (χ2n) is 5.92. The minimum Gasteiger partial charge on any atom is -0.383 e. The first kappa shape index (κ1) is 14.3. The van der Waals surface area contributed by atoms with Crippen LogP contribution in [0.15, 0.2) is 18.3 Å². The maximum Gasteiger partial charge on any atom is 0.126 e. The molecule has 1 aromatic rings. The van der Waals surface area contributed by atoms with Gasteiger partial charge >= 0.3 is 0 Å². The number of rotatable bonds is 4. The van der Waals surface area contributed by atoms with Gasteiger partial charge in [0, 0.05) is 17.8 Å². The Morgan fingerprint density at radius 1 is 1.32 bits per heavy atom. The van der Waals surface area contributed by atoms with Gasteiger partial charge in [-0.3, -0.25) is 0 Å². The molecule has 1 atom stereocenters. The molecule has 4 nitrogen and oxygen atoms in total. The van der Waals surface area contributed by atoms with Gasteiger partial charge in [0.1, 0.15) is 5.82 Å². The Bertz CT molecular complexity index is 410. The summed E-state index contributed by atoms with van der Waals surface area (Å²) in [5.41, 5.74) is 13.7. The summed E-state index contributed by atoms with van der Waals surface area (Å²) >= 11 is 0. The molecule has 1 heterocycles. The van der Waals surface area contributed by atoms with Gasteiger partial charge in [0.15, 0.2) is 0 Å². The van der Waals surface area contributed by atoms with E-state index < -0.39 is 0 Å². The lowest BCUT2D eigenvalue weighted by Crippen LogP contribution is -2.59. The van der Waals surface area contributed by atoms with Crippen molar-refractivity contribution in [2.75, 3.05) is 19.8 Å². The molecule has 106 valence electrons. The van der Waals surface area contributed by atoms with Crippen molar-refractivity contribution in [1.82, 2.24) is 9.88 Å². The third kappa shape index (κ3) is 2.90. The number of nitrogen functional groups attached to an aromatic ring is 1. The molecule has 1 aliphatic rings. The molecular formula is C15H26N4. The normalized spacial score (nSPS) is 20.4. The highest BCUT2D eigenvalue weighted by molar-refractivity contribution is 5.39. The minimum absolute atomic E-state index is 0.106. The lowest BCUT2D eigenvalue weighted by Gasteiger charge is -2.47. The van der Waals surface area contributed by atoms with E-state index in [2.05, 4.69) is 24.0 Å². The summed E-state index contributed by atoms with van der Waals surface area (Å²) in [6, 6.07) is 4.07. The number of hydrogen-bond donors (Lipinski definition) is 2. The molecule has 0 amide bonds. The van der Waals surface area contributed by atoms with E-state index in [4.69, 9.17) is 11.5 Å². The summed E-state index contributed by atoms with van der Waals surface area (Å²) in [5, 5.41) is 0. The van der Waals surface area contributed by atoms with Crippen molar-refractivity contribution >= 4 is 5.82 Å². The van der Waals surface area contributed by atoms with Crippen LogP contribution in [0.3, 0.4) is 0 Å². The molecule has 0 bridgehead atoms. The average Bonchev–Trinajstić information content (AvgIpc) is 2.42. The second kappa shape index (κ2) is 5.88. The van der Waals surface area contributed by atoms with Crippen molar-refractivity contribution in [3.05, 3.63) is 23.9 Å². The summed E-state index contributed by atoms with van der Waals surface area (Å²) in [5.74, 6) is 0.614. The molecule has 1 aliphatic carbocycles. The van der Waals surface area contributed by atoms with E-state index in [1.165, 1.54) is 32.1 Å². The number of anilines is 1. The van der Waals surface area contributed by atoms with Gasteiger partial charge in [-0.1, -0.05) is 25.3 Å². The topological polar surface area (TPSA) is 68.2 Å². The summed E-state index contributed by atoms with van der Waals surface area (Å²) in [6.07, 6.45) is 8.77. The van der Waals surface area contributed by atoms with Gasteiger partial charge in [-0.2, -0.15) is 0 Å². The molecule has 1 saturated carbocycles. The lowest BCUT2D eigenvalue weighted by atomic mass is 9.74. The van der Waals surface area contributed by atoms with Crippen molar-refractivity contribution in [3.8, 4) is 0 Å². The first-order valence-electron chi connectivity index (χ1n) is 7.18. The van der Waals surface area contributed by atoms with Crippen molar-refractivity contribution < 1.29 is 0 Å². The zero-order valence-corrected chi connectivity index (χ0v) is 12.1. The van der Waals surface area contributed by atoms with E-state index in [1.807, 2.05) is 12.1 Å². The van der Waals surface area contributed by atoms with Crippen LogP contribution >= 0.6 is 0 Å². The quantitative estimate of drug-likeness (QED) is 0.868. The predicted octanol–water partition coefficient (Wildman–Crippen LogP) is 1.80. The molecule has 1 unspecified atom stereocenters. The largest absolute Gasteiger partial charge is 0.383 e. The maximum atomic E-state index is 6.56. The number of hydrogen-bond acceptors (Lipinski definition) is 4. The second-order valence-corrected chi connectivity index (χ2v) is 5.92. The van der Waals surface area contributed by atoms with Gasteiger partial charge in [0.05, 0.1) is 0 Å². The maximum absolute atomic E-state index is 6.56. The lowest BCUT2D eigenvalue weighted by molar-refractivity contribution is 0.0716. The van der Waals surface area contributed by atoms with Crippen molar-refractivity contribution in [2.24, 2.45) is 5.73 Å². The van der Waals surface area contributed by atoms with Gasteiger partial charge in [-0.25, -0.2) is 4.98 Å². The van der Waals surface area contributed by atoms with E-state index in [-0.39, 0.29) is 11.6 Å². The molecular weight excluding hydrogens is 236 g/mol. The predicted molar refractivity (Wildman–Crippen MR) is 79.8 cm³/mol. The Balaban J connectivity index is 2.16. The van der Waals surface area contributed by atoms with Crippen LogP contribution in [0.1, 0.15) is 37.7 Å². The Morgan fingerprint density at radius 3 is 2.58 bits per heavy atom. The standard InChI is InChI=1S/C15H26N4/c1-19(2)15(8-4-3-5-9-15)13(16)11-12-7-6-10-18-14(12)17/h6-7,10,13H,3-5,8-9,11,16H2,1-2H3,(H2,17,18). The van der Waals surface area contributed by atoms with E-state index in [0.29, 0.717) is 5.82 Å². The van der Waals surface area contributed by atoms with Crippen LogP contribution in [-0.4, -0.2) is 35.6 Å². The molecule has 4 heteroatoms. The van der Waals surface area contributed by atoms with Gasteiger partial charge in [0.25, 0.3) is 0 Å². The van der Waals surface area contributed by atoms with Gasteiger partial charge in [-0.15, -0.1) is 0 Å². The Morgan fingerprint density at radius 2 is 2.00 bits per heavy atom. The number of nitrogens with two attached hydrogens (primary N) is 2. The van der Waals surface area contributed by atoms with Gasteiger partial charge in [0.2, 0.25) is 0 Å². The fraction of sp³-hybridized carbons (Fsp3) is 0.667. The van der Waals surface area contributed by atoms with Crippen LogP contribution in [0.4, 0.5) is 5.82 Å². The molecule has 19 heavy (non-hydrogen) atoms. The Labute approximate surface area is 116 Å². The van der Waals surface area contributed by atoms with Gasteiger partial charge < -0.3 is 16.4 Å². The molecule has 0 aromatic carbocycles. The molecule has 0 radical (unpaired) electrons. The summed E-state index contributed by atoms with van der Waals surface area (Å²) in [7, 11) is 4.30. The van der Waals surface area contributed by atoms with E-state index in [9.17, 15) is 0 Å². The number of nitrogens with zero attached hydrogens (tertiary/aromatic N) is 2. The van der Waals surface area contributed by atoms with Crippen molar-refractivity contribution in [3.63, 3.8) is 0 Å². The molecule has 1 aromatic heterocycles. The zero-order valence-electron chi connectivity index (χ0n) is 12.1. The average molecular weight is 262 g/mol. The molecule has 4 N–H and O–H groups in total. The Hall–Kier alpha value is -1.13. The highest BCUT2D eigenvalue weighted by atomic mass is 15.2. The van der Waals surface area contributed by atoms with Crippen LogP contribution in [0.25, 0.3) is 0 Å². The molecule has 0 spiro atoms. The third-order valence-electron chi connectivity index (χ3n) is 4.67. The fourth-order valence-corrected chi connectivity index (χ4v) is 3.36. The fourth-order valence-electron chi connectivity index (χ4n) is 3.36. The number of likely N-dealkylation sites (N-methyl/N-ethyl adjacent to an activating group) is 1. The van der Waals surface area contributed by atoms with E-state index in [1.54, 1.807) is 6.20 Å². The van der Waals surface area contributed by atoms with Gasteiger partial charge in [-0.05, 0) is 45.0 Å². The molecule has 0 aliphatic heterocycles.